The van der Waals surface area contributed by atoms with E-state index in [1.807, 2.05) is 0 Å². The van der Waals surface area contributed by atoms with E-state index in [-0.39, 0.29) is 6.61 Å². The summed E-state index contributed by atoms with van der Waals surface area (Å²) in [6, 6.07) is 0. The number of aliphatic hydroxyl groups excluding tert-OH is 1. The van der Waals surface area contributed by atoms with Gasteiger partial charge in [-0.2, -0.15) is 0 Å². The zero-order valence-corrected chi connectivity index (χ0v) is 8.38. The summed E-state index contributed by atoms with van der Waals surface area (Å²) in [6.07, 6.45) is 5.91. The quantitative estimate of drug-likeness (QED) is 0.536. The summed E-state index contributed by atoms with van der Waals surface area (Å²) in [6.45, 7) is 0.0593. The molecule has 1 aliphatic rings. The van der Waals surface area contributed by atoms with E-state index in [1.165, 1.54) is 0 Å². The van der Waals surface area contributed by atoms with E-state index in [2.05, 4.69) is 0 Å². The van der Waals surface area contributed by atoms with Gasteiger partial charge in [0.15, 0.2) is 5.79 Å². The fourth-order valence-corrected chi connectivity index (χ4v) is 1.94. The second kappa shape index (κ2) is 4.74. The van der Waals surface area contributed by atoms with Gasteiger partial charge < -0.3 is 14.6 Å². The van der Waals surface area contributed by atoms with Crippen LogP contribution in [0.4, 0.5) is 0 Å². The van der Waals surface area contributed by atoms with E-state index in [4.69, 9.17) is 14.6 Å². The molecule has 1 N–H and O–H groups in total. The van der Waals surface area contributed by atoms with E-state index in [9.17, 15) is 0 Å². The largest absolute Gasteiger partial charge is 0.392 e. The topological polar surface area (TPSA) is 38.7 Å². The van der Waals surface area contributed by atoms with Gasteiger partial charge in [-0.15, -0.1) is 0 Å². The molecule has 1 rings (SSSR count). The summed E-state index contributed by atoms with van der Waals surface area (Å²) in [5.74, 6) is -0.568. The average molecular weight is 186 g/mol. The molecule has 0 aliphatic heterocycles. The normalized spacial score (nSPS) is 25.0. The van der Waals surface area contributed by atoms with Gasteiger partial charge in [-0.1, -0.05) is 6.08 Å². The van der Waals surface area contributed by atoms with Crippen LogP contribution in [0.15, 0.2) is 11.6 Å². The Morgan fingerprint density at radius 3 is 2.62 bits per heavy atom. The molecule has 0 radical (unpaired) electrons. The Bertz CT molecular complexity index is 183. The lowest BCUT2D eigenvalue weighted by Crippen LogP contribution is -2.38. The number of ether oxygens (including phenoxy) is 2. The molecule has 0 aromatic heterocycles. The third kappa shape index (κ3) is 2.10. The minimum Gasteiger partial charge on any atom is -0.392 e. The van der Waals surface area contributed by atoms with Gasteiger partial charge in [0.2, 0.25) is 0 Å². The van der Waals surface area contributed by atoms with E-state index in [0.29, 0.717) is 0 Å². The third-order valence-corrected chi connectivity index (χ3v) is 2.69. The lowest BCUT2D eigenvalue weighted by atomic mass is 9.88. The van der Waals surface area contributed by atoms with Crippen molar-refractivity contribution < 1.29 is 14.6 Å². The van der Waals surface area contributed by atoms with Crippen LogP contribution in [0.1, 0.15) is 25.7 Å². The van der Waals surface area contributed by atoms with Crippen molar-refractivity contribution in [3.63, 3.8) is 0 Å². The van der Waals surface area contributed by atoms with E-state index in [0.717, 1.165) is 31.3 Å². The number of methoxy groups -OCH3 is 2. The Kier molecular flexibility index (Phi) is 3.90. The van der Waals surface area contributed by atoms with Gasteiger partial charge in [-0.25, -0.2) is 0 Å². The van der Waals surface area contributed by atoms with Crippen molar-refractivity contribution in [2.45, 2.75) is 31.5 Å². The first-order valence-corrected chi connectivity index (χ1v) is 4.70. The molecule has 0 aromatic rings. The third-order valence-electron chi connectivity index (χ3n) is 2.69. The molecule has 0 spiro atoms. The standard InChI is InChI=1S/C10H18O3/c1-12-10(13-2)7-4-3-5-9(10)6-8-11/h6,11H,3-5,7-8H2,1-2H3/b9-6+. The number of rotatable bonds is 3. The molecule has 0 amide bonds. The van der Waals surface area contributed by atoms with Crippen molar-refractivity contribution in [2.75, 3.05) is 20.8 Å². The second-order valence-corrected chi connectivity index (χ2v) is 3.28. The lowest BCUT2D eigenvalue weighted by Gasteiger charge is -2.37. The molecule has 1 fully saturated rings. The number of hydrogen-bond donors (Lipinski definition) is 1. The maximum Gasteiger partial charge on any atom is 0.190 e. The summed E-state index contributed by atoms with van der Waals surface area (Å²) in [7, 11) is 3.31. The van der Waals surface area contributed by atoms with Gasteiger partial charge >= 0.3 is 0 Å². The molecular weight excluding hydrogens is 168 g/mol. The molecule has 3 nitrogen and oxygen atoms in total. The Hall–Kier alpha value is -0.380. The van der Waals surface area contributed by atoms with Gasteiger partial charge in [0.05, 0.1) is 6.61 Å². The Morgan fingerprint density at radius 2 is 2.08 bits per heavy atom. The molecule has 13 heavy (non-hydrogen) atoms. The molecule has 0 aromatic carbocycles. The van der Waals surface area contributed by atoms with Crippen molar-refractivity contribution >= 4 is 0 Å². The zero-order chi connectivity index (χ0) is 9.73. The first-order chi connectivity index (χ1) is 6.29. The van der Waals surface area contributed by atoms with Gasteiger partial charge in [-0.05, 0) is 24.8 Å². The van der Waals surface area contributed by atoms with Crippen LogP contribution in [-0.4, -0.2) is 31.7 Å². The Morgan fingerprint density at radius 1 is 1.38 bits per heavy atom. The summed E-state index contributed by atoms with van der Waals surface area (Å²) < 4.78 is 10.8. The molecule has 76 valence electrons. The fourth-order valence-electron chi connectivity index (χ4n) is 1.94. The molecule has 1 aliphatic carbocycles. The van der Waals surface area contributed by atoms with Gasteiger partial charge in [0, 0.05) is 20.6 Å². The van der Waals surface area contributed by atoms with Crippen molar-refractivity contribution in [3.05, 3.63) is 11.6 Å². The Labute approximate surface area is 79.3 Å². The Balaban J connectivity index is 2.81. The first-order valence-electron chi connectivity index (χ1n) is 4.70. The maximum atomic E-state index is 8.85. The van der Waals surface area contributed by atoms with Gasteiger partial charge in [0.1, 0.15) is 0 Å². The molecule has 0 saturated heterocycles. The van der Waals surface area contributed by atoms with Gasteiger partial charge in [0.25, 0.3) is 0 Å². The zero-order valence-electron chi connectivity index (χ0n) is 8.38. The highest BCUT2D eigenvalue weighted by Gasteiger charge is 2.35. The molecule has 1 saturated carbocycles. The molecular formula is C10H18O3. The van der Waals surface area contributed by atoms with E-state index in [1.54, 1.807) is 20.3 Å². The smallest absolute Gasteiger partial charge is 0.190 e. The molecule has 0 heterocycles. The van der Waals surface area contributed by atoms with Gasteiger partial charge in [-0.3, -0.25) is 0 Å². The minimum atomic E-state index is -0.568. The molecule has 0 atom stereocenters. The highest BCUT2D eigenvalue weighted by Crippen LogP contribution is 2.36. The van der Waals surface area contributed by atoms with Crippen LogP contribution >= 0.6 is 0 Å². The summed E-state index contributed by atoms with van der Waals surface area (Å²) >= 11 is 0. The minimum absolute atomic E-state index is 0.0593. The molecule has 3 heteroatoms. The molecule has 0 unspecified atom stereocenters. The van der Waals surface area contributed by atoms with Crippen LogP contribution in [0.2, 0.25) is 0 Å². The summed E-state index contributed by atoms with van der Waals surface area (Å²) in [4.78, 5) is 0. The number of hydrogen-bond acceptors (Lipinski definition) is 3. The van der Waals surface area contributed by atoms with Crippen molar-refractivity contribution in [1.82, 2.24) is 0 Å². The van der Waals surface area contributed by atoms with E-state index < -0.39 is 5.79 Å². The highest BCUT2D eigenvalue weighted by atomic mass is 16.7. The van der Waals surface area contributed by atoms with Crippen LogP contribution in [0.3, 0.4) is 0 Å². The van der Waals surface area contributed by atoms with Crippen LogP contribution in [-0.2, 0) is 9.47 Å². The van der Waals surface area contributed by atoms with Crippen LogP contribution < -0.4 is 0 Å². The maximum absolute atomic E-state index is 8.85. The highest BCUT2D eigenvalue weighted by molar-refractivity contribution is 5.16. The SMILES string of the molecule is COC1(OC)CCCC/C1=C\CO. The van der Waals surface area contributed by atoms with Crippen molar-refractivity contribution in [2.24, 2.45) is 0 Å². The average Bonchev–Trinajstić information content (AvgIpc) is 2.20. The van der Waals surface area contributed by atoms with Crippen LogP contribution in [0.5, 0.6) is 0 Å². The van der Waals surface area contributed by atoms with Crippen molar-refractivity contribution in [1.29, 1.82) is 0 Å². The monoisotopic (exact) mass is 186 g/mol. The van der Waals surface area contributed by atoms with Crippen LogP contribution in [0, 0.1) is 0 Å². The fraction of sp³-hybridized carbons (Fsp3) is 0.800. The summed E-state index contributed by atoms with van der Waals surface area (Å²) in [5.41, 5.74) is 1.08. The summed E-state index contributed by atoms with van der Waals surface area (Å²) in [5, 5.41) is 8.85. The number of aliphatic hydroxyl groups is 1. The predicted molar refractivity (Wildman–Crippen MR) is 50.4 cm³/mol. The van der Waals surface area contributed by atoms with Crippen LogP contribution in [0.25, 0.3) is 0 Å². The van der Waals surface area contributed by atoms with Crippen molar-refractivity contribution in [3.8, 4) is 0 Å². The molecule has 0 bridgehead atoms. The second-order valence-electron chi connectivity index (χ2n) is 3.28. The van der Waals surface area contributed by atoms with E-state index >= 15 is 0 Å². The first kappa shape index (κ1) is 10.7. The lowest BCUT2D eigenvalue weighted by molar-refractivity contribution is -0.190. The predicted octanol–water partition coefficient (Wildman–Crippen LogP) is 1.47.